The molecular formula is C15H19BrClNO. The van der Waals surface area contributed by atoms with Crippen molar-refractivity contribution in [1.82, 2.24) is 5.32 Å². The highest BCUT2D eigenvalue weighted by molar-refractivity contribution is 9.10. The van der Waals surface area contributed by atoms with Gasteiger partial charge in [0, 0.05) is 16.6 Å². The summed E-state index contributed by atoms with van der Waals surface area (Å²) in [6.07, 6.45) is 6.28. The monoisotopic (exact) mass is 343 g/mol. The SMILES string of the molecule is CC1(CNC(=O)c2ccc(Br)c(Cl)c2)CCCCC1. The van der Waals surface area contributed by atoms with E-state index in [2.05, 4.69) is 28.2 Å². The molecule has 1 aromatic rings. The van der Waals surface area contributed by atoms with Crippen LogP contribution in [-0.2, 0) is 0 Å². The van der Waals surface area contributed by atoms with Gasteiger partial charge < -0.3 is 5.32 Å². The maximum absolute atomic E-state index is 12.1. The van der Waals surface area contributed by atoms with Crippen LogP contribution < -0.4 is 5.32 Å². The minimum atomic E-state index is -0.0406. The van der Waals surface area contributed by atoms with Gasteiger partial charge in [-0.15, -0.1) is 0 Å². The Labute approximate surface area is 128 Å². The van der Waals surface area contributed by atoms with E-state index in [-0.39, 0.29) is 11.3 Å². The van der Waals surface area contributed by atoms with Gasteiger partial charge in [-0.3, -0.25) is 4.79 Å². The van der Waals surface area contributed by atoms with Gasteiger partial charge in [-0.25, -0.2) is 0 Å². The molecule has 1 aromatic carbocycles. The first-order valence-electron chi connectivity index (χ1n) is 6.73. The van der Waals surface area contributed by atoms with E-state index in [9.17, 15) is 4.79 Å². The number of hydrogen-bond donors (Lipinski definition) is 1. The minimum absolute atomic E-state index is 0.0406. The number of carbonyl (C=O) groups is 1. The first-order valence-corrected chi connectivity index (χ1v) is 7.91. The van der Waals surface area contributed by atoms with Gasteiger partial charge in [0.1, 0.15) is 0 Å². The fraction of sp³-hybridized carbons (Fsp3) is 0.533. The van der Waals surface area contributed by atoms with E-state index in [1.807, 2.05) is 0 Å². The number of benzene rings is 1. The molecule has 0 aromatic heterocycles. The van der Waals surface area contributed by atoms with Crippen LogP contribution in [0.2, 0.25) is 5.02 Å². The molecule has 2 rings (SSSR count). The molecule has 1 amide bonds. The second-order valence-corrected chi connectivity index (χ2v) is 6.94. The number of halogens is 2. The lowest BCUT2D eigenvalue weighted by Gasteiger charge is -2.33. The second kappa shape index (κ2) is 6.27. The summed E-state index contributed by atoms with van der Waals surface area (Å²) in [5.41, 5.74) is 0.875. The molecule has 0 heterocycles. The zero-order chi connectivity index (χ0) is 13.9. The molecule has 1 aliphatic carbocycles. The Hall–Kier alpha value is -0.540. The third-order valence-corrected chi connectivity index (χ3v) is 5.15. The number of amides is 1. The molecule has 0 spiro atoms. The van der Waals surface area contributed by atoms with Crippen molar-refractivity contribution < 1.29 is 4.79 Å². The van der Waals surface area contributed by atoms with Gasteiger partial charge >= 0.3 is 0 Å². The first-order chi connectivity index (χ1) is 9.00. The molecule has 0 bridgehead atoms. The van der Waals surface area contributed by atoms with Crippen molar-refractivity contribution in [3.63, 3.8) is 0 Å². The van der Waals surface area contributed by atoms with E-state index in [1.165, 1.54) is 32.1 Å². The molecular weight excluding hydrogens is 326 g/mol. The van der Waals surface area contributed by atoms with Crippen LogP contribution >= 0.6 is 27.5 Å². The summed E-state index contributed by atoms with van der Waals surface area (Å²) in [6, 6.07) is 5.29. The van der Waals surface area contributed by atoms with E-state index >= 15 is 0 Å². The second-order valence-electron chi connectivity index (χ2n) is 5.68. The molecule has 1 aliphatic rings. The van der Waals surface area contributed by atoms with Crippen LogP contribution in [0.15, 0.2) is 22.7 Å². The summed E-state index contributed by atoms with van der Waals surface area (Å²) in [5.74, 6) is -0.0406. The summed E-state index contributed by atoms with van der Waals surface area (Å²) in [4.78, 5) is 12.1. The quantitative estimate of drug-likeness (QED) is 0.838. The smallest absolute Gasteiger partial charge is 0.251 e. The summed E-state index contributed by atoms with van der Waals surface area (Å²) in [5, 5.41) is 3.61. The fourth-order valence-electron chi connectivity index (χ4n) is 2.62. The Kier molecular flexibility index (Phi) is 4.91. The first kappa shape index (κ1) is 14.9. The lowest BCUT2D eigenvalue weighted by molar-refractivity contribution is 0.0919. The molecule has 0 atom stereocenters. The van der Waals surface area contributed by atoms with Crippen molar-refractivity contribution in [2.24, 2.45) is 5.41 Å². The molecule has 19 heavy (non-hydrogen) atoms. The lowest BCUT2D eigenvalue weighted by Crippen LogP contribution is -2.37. The molecule has 2 nitrogen and oxygen atoms in total. The number of nitrogens with one attached hydrogen (secondary N) is 1. The predicted octanol–water partition coefficient (Wildman–Crippen LogP) is 4.80. The maximum Gasteiger partial charge on any atom is 0.251 e. The van der Waals surface area contributed by atoms with Crippen molar-refractivity contribution in [1.29, 1.82) is 0 Å². The van der Waals surface area contributed by atoms with Gasteiger partial charge in [0.2, 0.25) is 0 Å². The topological polar surface area (TPSA) is 29.1 Å². The third-order valence-electron chi connectivity index (χ3n) is 3.92. The van der Waals surface area contributed by atoms with Gasteiger partial charge in [-0.05, 0) is 52.4 Å². The van der Waals surface area contributed by atoms with E-state index in [0.29, 0.717) is 10.6 Å². The van der Waals surface area contributed by atoms with Crippen LogP contribution in [0, 0.1) is 5.41 Å². The molecule has 104 valence electrons. The van der Waals surface area contributed by atoms with E-state index in [1.54, 1.807) is 18.2 Å². The van der Waals surface area contributed by atoms with Crippen LogP contribution in [0.1, 0.15) is 49.4 Å². The van der Waals surface area contributed by atoms with Gasteiger partial charge in [0.25, 0.3) is 5.91 Å². The predicted molar refractivity (Wildman–Crippen MR) is 82.7 cm³/mol. The zero-order valence-electron chi connectivity index (χ0n) is 11.1. The Morgan fingerprint density at radius 1 is 1.37 bits per heavy atom. The van der Waals surface area contributed by atoms with E-state index in [4.69, 9.17) is 11.6 Å². The van der Waals surface area contributed by atoms with Gasteiger partial charge in [-0.1, -0.05) is 37.8 Å². The molecule has 1 saturated carbocycles. The standard InChI is InChI=1S/C15H19BrClNO/c1-15(7-3-2-4-8-15)10-18-14(19)11-5-6-12(16)13(17)9-11/h5-6,9H,2-4,7-8,10H2,1H3,(H,18,19). The van der Waals surface area contributed by atoms with Crippen molar-refractivity contribution in [3.05, 3.63) is 33.3 Å². The Morgan fingerprint density at radius 2 is 2.05 bits per heavy atom. The highest BCUT2D eigenvalue weighted by Gasteiger charge is 2.27. The summed E-state index contributed by atoms with van der Waals surface area (Å²) in [7, 11) is 0. The molecule has 0 saturated heterocycles. The average molecular weight is 345 g/mol. The molecule has 0 unspecified atom stereocenters. The average Bonchev–Trinajstić information content (AvgIpc) is 2.40. The highest BCUT2D eigenvalue weighted by atomic mass is 79.9. The summed E-state index contributed by atoms with van der Waals surface area (Å²) in [6.45, 7) is 3.01. The Morgan fingerprint density at radius 3 is 2.68 bits per heavy atom. The number of rotatable bonds is 3. The van der Waals surface area contributed by atoms with Gasteiger partial charge in [0.05, 0.1) is 5.02 Å². The van der Waals surface area contributed by atoms with Crippen LogP contribution in [0.5, 0.6) is 0 Å². The number of hydrogen-bond acceptors (Lipinski definition) is 1. The Balaban J connectivity index is 1.95. The van der Waals surface area contributed by atoms with Crippen molar-refractivity contribution in [3.8, 4) is 0 Å². The van der Waals surface area contributed by atoms with Crippen LogP contribution in [-0.4, -0.2) is 12.5 Å². The highest BCUT2D eigenvalue weighted by Crippen LogP contribution is 2.35. The van der Waals surface area contributed by atoms with Crippen LogP contribution in [0.3, 0.4) is 0 Å². The molecule has 1 N–H and O–H groups in total. The molecule has 1 fully saturated rings. The van der Waals surface area contributed by atoms with E-state index in [0.717, 1.165) is 11.0 Å². The maximum atomic E-state index is 12.1. The normalized spacial score (nSPS) is 18.1. The molecule has 0 radical (unpaired) electrons. The van der Waals surface area contributed by atoms with Crippen LogP contribution in [0.25, 0.3) is 0 Å². The van der Waals surface area contributed by atoms with Gasteiger partial charge in [-0.2, -0.15) is 0 Å². The van der Waals surface area contributed by atoms with Gasteiger partial charge in [0.15, 0.2) is 0 Å². The molecule has 4 heteroatoms. The summed E-state index contributed by atoms with van der Waals surface area (Å²) < 4.78 is 0.810. The summed E-state index contributed by atoms with van der Waals surface area (Å²) >= 11 is 9.33. The lowest BCUT2D eigenvalue weighted by atomic mass is 9.76. The minimum Gasteiger partial charge on any atom is -0.351 e. The van der Waals surface area contributed by atoms with E-state index < -0.39 is 0 Å². The third kappa shape index (κ3) is 3.96. The van der Waals surface area contributed by atoms with Crippen LogP contribution in [0.4, 0.5) is 0 Å². The largest absolute Gasteiger partial charge is 0.351 e. The number of carbonyl (C=O) groups excluding carboxylic acids is 1. The Bertz CT molecular complexity index is 469. The van der Waals surface area contributed by atoms with Crippen molar-refractivity contribution in [2.75, 3.05) is 6.54 Å². The van der Waals surface area contributed by atoms with Crippen molar-refractivity contribution >= 4 is 33.4 Å². The van der Waals surface area contributed by atoms with Crippen molar-refractivity contribution in [2.45, 2.75) is 39.0 Å². The molecule has 0 aliphatic heterocycles. The zero-order valence-corrected chi connectivity index (χ0v) is 13.5. The fourth-order valence-corrected chi connectivity index (χ4v) is 3.04.